The summed E-state index contributed by atoms with van der Waals surface area (Å²) in [6, 6.07) is 0. The molecule has 56 valence electrons. The number of nitrogens with zero attached hydrogens (tertiary/aromatic N) is 1. The smallest absolute Gasteiger partial charge is 0.0927 e. The van der Waals surface area contributed by atoms with Gasteiger partial charge in [0.1, 0.15) is 0 Å². The first-order valence-electron chi connectivity index (χ1n) is 3.41. The van der Waals surface area contributed by atoms with Crippen LogP contribution in [0.2, 0.25) is 0 Å². The van der Waals surface area contributed by atoms with Crippen LogP contribution >= 0.6 is 24.0 Å². The highest BCUT2D eigenvalue weighted by molar-refractivity contribution is 7.79. The van der Waals surface area contributed by atoms with E-state index in [4.69, 9.17) is 0 Å². The van der Waals surface area contributed by atoms with Crippen LogP contribution in [-0.4, -0.2) is 4.98 Å². The first-order valence-corrected chi connectivity index (χ1v) is 4.86. The molecule has 3 heteroatoms. The minimum absolute atomic E-state index is 0.821. The topological polar surface area (TPSA) is 12.9 Å². The Kier molecular flexibility index (Phi) is 3.22. The molecule has 1 aromatic rings. The normalized spacial score (nSPS) is 10.2. The van der Waals surface area contributed by atoms with E-state index in [-0.39, 0.29) is 0 Å². The summed E-state index contributed by atoms with van der Waals surface area (Å²) >= 11 is 5.93. The lowest BCUT2D eigenvalue weighted by Crippen LogP contribution is -1.76. The Labute approximate surface area is 70.9 Å². The zero-order chi connectivity index (χ0) is 7.40. The molecule has 0 bridgehead atoms. The summed E-state index contributed by atoms with van der Waals surface area (Å²) in [5.74, 6) is 0.821. The fraction of sp³-hybridized carbons (Fsp3) is 0.571. The molecule has 0 fully saturated rings. The summed E-state index contributed by atoms with van der Waals surface area (Å²) in [6.45, 7) is 2.17. The second-order valence-corrected chi connectivity index (χ2v) is 3.64. The Hall–Kier alpha value is -0.0200. The van der Waals surface area contributed by atoms with E-state index in [0.29, 0.717) is 0 Å². The van der Waals surface area contributed by atoms with E-state index in [1.54, 1.807) is 11.3 Å². The maximum atomic E-state index is 4.25. The van der Waals surface area contributed by atoms with Crippen molar-refractivity contribution in [1.82, 2.24) is 4.98 Å². The molecule has 0 N–H and O–H groups in total. The minimum Gasteiger partial charge on any atom is -0.249 e. The van der Waals surface area contributed by atoms with Crippen LogP contribution in [0.3, 0.4) is 0 Å². The monoisotopic (exact) mass is 173 g/mol. The Morgan fingerprint density at radius 2 is 2.50 bits per heavy atom. The zero-order valence-corrected chi connectivity index (χ0v) is 7.71. The van der Waals surface area contributed by atoms with Gasteiger partial charge in [-0.1, -0.05) is 6.92 Å². The molecule has 0 amide bonds. The molecule has 0 aliphatic carbocycles. The van der Waals surface area contributed by atoms with Gasteiger partial charge in [-0.3, -0.25) is 0 Å². The summed E-state index contributed by atoms with van der Waals surface area (Å²) in [6.07, 6.45) is 4.21. The number of aryl methyl sites for hydroxylation is 1. The number of thiol groups is 1. The van der Waals surface area contributed by atoms with Crippen molar-refractivity contribution in [3.05, 3.63) is 16.1 Å². The molecular weight excluding hydrogens is 162 g/mol. The molecule has 0 saturated carbocycles. The number of rotatable bonds is 3. The summed E-state index contributed by atoms with van der Waals surface area (Å²) in [7, 11) is 0. The molecule has 1 nitrogen and oxygen atoms in total. The lowest BCUT2D eigenvalue weighted by Gasteiger charge is -1.86. The average molecular weight is 173 g/mol. The van der Waals surface area contributed by atoms with Crippen LogP contribution in [0.15, 0.2) is 6.20 Å². The van der Waals surface area contributed by atoms with E-state index in [1.165, 1.54) is 16.3 Å². The van der Waals surface area contributed by atoms with Crippen LogP contribution in [0.4, 0.5) is 0 Å². The third-order valence-electron chi connectivity index (χ3n) is 1.22. The van der Waals surface area contributed by atoms with Crippen molar-refractivity contribution < 1.29 is 0 Å². The Bertz CT molecular complexity index is 195. The van der Waals surface area contributed by atoms with E-state index >= 15 is 0 Å². The van der Waals surface area contributed by atoms with E-state index < -0.39 is 0 Å². The van der Waals surface area contributed by atoms with Crippen molar-refractivity contribution in [1.29, 1.82) is 0 Å². The molecule has 0 aromatic carbocycles. The fourth-order valence-electron chi connectivity index (χ4n) is 0.751. The van der Waals surface area contributed by atoms with E-state index in [2.05, 4.69) is 24.5 Å². The van der Waals surface area contributed by atoms with Crippen molar-refractivity contribution in [2.75, 3.05) is 0 Å². The second-order valence-electron chi connectivity index (χ2n) is 2.13. The molecule has 1 rings (SSSR count). The van der Waals surface area contributed by atoms with Crippen LogP contribution in [0.1, 0.15) is 23.2 Å². The molecular formula is C7H11NS2. The standard InChI is InChI=1S/C7H11NS2/c1-2-3-7-8-4-6(5-9)10-7/h4,9H,2-3,5H2,1H3. The quantitative estimate of drug-likeness (QED) is 0.693. The van der Waals surface area contributed by atoms with Gasteiger partial charge in [0.15, 0.2) is 0 Å². The van der Waals surface area contributed by atoms with Gasteiger partial charge in [-0.2, -0.15) is 12.6 Å². The molecule has 0 atom stereocenters. The predicted molar refractivity (Wildman–Crippen MR) is 48.8 cm³/mol. The Morgan fingerprint density at radius 1 is 1.70 bits per heavy atom. The Morgan fingerprint density at radius 3 is 3.00 bits per heavy atom. The second kappa shape index (κ2) is 3.98. The lowest BCUT2D eigenvalue weighted by molar-refractivity contribution is 0.909. The van der Waals surface area contributed by atoms with Gasteiger partial charge in [-0.15, -0.1) is 11.3 Å². The van der Waals surface area contributed by atoms with Gasteiger partial charge in [0, 0.05) is 16.8 Å². The van der Waals surface area contributed by atoms with Crippen LogP contribution in [-0.2, 0) is 12.2 Å². The van der Waals surface area contributed by atoms with Crippen LogP contribution in [0.25, 0.3) is 0 Å². The van der Waals surface area contributed by atoms with E-state index in [1.807, 2.05) is 6.20 Å². The molecule has 0 radical (unpaired) electrons. The molecule has 10 heavy (non-hydrogen) atoms. The van der Waals surface area contributed by atoms with Gasteiger partial charge in [-0.25, -0.2) is 4.98 Å². The molecule has 0 saturated heterocycles. The van der Waals surface area contributed by atoms with Gasteiger partial charge in [0.2, 0.25) is 0 Å². The maximum Gasteiger partial charge on any atom is 0.0927 e. The molecule has 0 aliphatic heterocycles. The fourth-order valence-corrected chi connectivity index (χ4v) is 1.91. The summed E-state index contributed by atoms with van der Waals surface area (Å²) < 4.78 is 0. The highest BCUT2D eigenvalue weighted by Gasteiger charge is 1.97. The van der Waals surface area contributed by atoms with Crippen LogP contribution in [0, 0.1) is 0 Å². The van der Waals surface area contributed by atoms with Crippen molar-refractivity contribution in [2.24, 2.45) is 0 Å². The van der Waals surface area contributed by atoms with Crippen LogP contribution in [0.5, 0.6) is 0 Å². The van der Waals surface area contributed by atoms with Crippen molar-refractivity contribution >= 4 is 24.0 Å². The van der Waals surface area contributed by atoms with Gasteiger partial charge >= 0.3 is 0 Å². The average Bonchev–Trinajstić information content (AvgIpc) is 2.37. The van der Waals surface area contributed by atoms with Crippen molar-refractivity contribution in [3.8, 4) is 0 Å². The van der Waals surface area contributed by atoms with Crippen molar-refractivity contribution in [2.45, 2.75) is 25.5 Å². The van der Waals surface area contributed by atoms with Crippen molar-refractivity contribution in [3.63, 3.8) is 0 Å². The zero-order valence-electron chi connectivity index (χ0n) is 6.00. The van der Waals surface area contributed by atoms with Crippen LogP contribution < -0.4 is 0 Å². The van der Waals surface area contributed by atoms with E-state index in [9.17, 15) is 0 Å². The lowest BCUT2D eigenvalue weighted by atomic mass is 10.4. The van der Waals surface area contributed by atoms with Gasteiger partial charge in [0.05, 0.1) is 5.01 Å². The highest BCUT2D eigenvalue weighted by Crippen LogP contribution is 2.15. The Balaban J connectivity index is 2.59. The molecule has 0 spiro atoms. The third-order valence-corrected chi connectivity index (χ3v) is 2.83. The maximum absolute atomic E-state index is 4.25. The predicted octanol–water partition coefficient (Wildman–Crippen LogP) is 2.53. The molecule has 0 aliphatic rings. The van der Waals surface area contributed by atoms with E-state index in [0.717, 1.165) is 12.2 Å². The SMILES string of the molecule is CCCc1ncc(CS)s1. The largest absolute Gasteiger partial charge is 0.249 e. The minimum atomic E-state index is 0.821. The molecule has 0 unspecified atom stereocenters. The first kappa shape index (κ1) is 8.08. The van der Waals surface area contributed by atoms with Gasteiger partial charge in [0.25, 0.3) is 0 Å². The summed E-state index contributed by atoms with van der Waals surface area (Å²) in [5.41, 5.74) is 0. The number of aromatic nitrogens is 1. The summed E-state index contributed by atoms with van der Waals surface area (Å²) in [4.78, 5) is 5.52. The molecule has 1 aromatic heterocycles. The van der Waals surface area contributed by atoms with Gasteiger partial charge < -0.3 is 0 Å². The number of thiazole rings is 1. The number of hydrogen-bond donors (Lipinski definition) is 1. The third kappa shape index (κ3) is 1.99. The number of hydrogen-bond acceptors (Lipinski definition) is 3. The van der Waals surface area contributed by atoms with Gasteiger partial charge in [-0.05, 0) is 12.8 Å². The highest BCUT2D eigenvalue weighted by atomic mass is 32.1. The summed E-state index contributed by atoms with van der Waals surface area (Å²) in [5, 5.41) is 1.24. The molecule has 1 heterocycles. The first-order chi connectivity index (χ1) is 4.86.